The Balaban J connectivity index is 1.50. The molecule has 4 aromatic rings. The first kappa shape index (κ1) is 30.3. The van der Waals surface area contributed by atoms with Crippen LogP contribution in [0.3, 0.4) is 0 Å². The van der Waals surface area contributed by atoms with Gasteiger partial charge in [0, 0.05) is 24.2 Å². The van der Waals surface area contributed by atoms with E-state index in [-0.39, 0.29) is 34.8 Å². The molecular formula is C36H36O6S2. The SMILES string of the molecule is COc1ccc(C2C[C@@H]3C(S(=O)(=O)c4ccc(C)cc4)C(c4ccccc4)CC(=O)[C@@H]3CC2S(=O)(=O)c2ccccc2)cc1. The van der Waals surface area contributed by atoms with Crippen molar-refractivity contribution >= 4 is 25.5 Å². The summed E-state index contributed by atoms with van der Waals surface area (Å²) in [5.74, 6) is -1.76. The number of rotatable bonds is 7. The Bertz CT molecular complexity index is 1840. The molecule has 2 saturated carbocycles. The van der Waals surface area contributed by atoms with Gasteiger partial charge in [0.2, 0.25) is 0 Å². The van der Waals surface area contributed by atoms with E-state index in [1.165, 1.54) is 0 Å². The zero-order chi connectivity index (χ0) is 31.1. The minimum absolute atomic E-state index is 0.0479. The number of sulfone groups is 2. The molecule has 0 radical (unpaired) electrons. The predicted molar refractivity (Wildman–Crippen MR) is 170 cm³/mol. The molecule has 0 aliphatic heterocycles. The summed E-state index contributed by atoms with van der Waals surface area (Å²) in [5.41, 5.74) is 2.54. The lowest BCUT2D eigenvalue weighted by molar-refractivity contribution is -0.128. The van der Waals surface area contributed by atoms with E-state index < -0.39 is 53.8 Å². The minimum Gasteiger partial charge on any atom is -0.497 e. The summed E-state index contributed by atoms with van der Waals surface area (Å²) in [4.78, 5) is 14.4. The van der Waals surface area contributed by atoms with Gasteiger partial charge >= 0.3 is 0 Å². The number of benzene rings is 4. The summed E-state index contributed by atoms with van der Waals surface area (Å²) in [6.45, 7) is 1.91. The third-order valence-corrected chi connectivity index (χ3v) is 14.2. The second kappa shape index (κ2) is 12.0. The van der Waals surface area contributed by atoms with E-state index in [0.717, 1.165) is 16.7 Å². The number of fused-ring (bicyclic) bond motifs is 1. The molecule has 4 aromatic carbocycles. The molecule has 0 aromatic heterocycles. The lowest BCUT2D eigenvalue weighted by atomic mass is 9.61. The number of hydrogen-bond donors (Lipinski definition) is 0. The molecule has 6 rings (SSSR count). The molecule has 2 aliphatic rings. The first-order chi connectivity index (χ1) is 21.1. The van der Waals surface area contributed by atoms with Crippen molar-refractivity contribution in [3.05, 3.63) is 126 Å². The fraction of sp³-hybridized carbons (Fsp3) is 0.306. The normalized spacial score (nSPS) is 25.6. The molecule has 0 bridgehead atoms. The molecule has 0 spiro atoms. The fourth-order valence-electron chi connectivity index (χ4n) is 7.38. The standard InChI is InChI=1S/C36H36O6S2/c1-24-13-19-29(20-14-24)44(40,41)36-31(25-9-5-3-6-10-25)22-34(37)32-23-35(43(38,39)28-11-7-4-8-12-28)30(21-33(32)36)26-15-17-27(42-2)18-16-26/h3-20,30-33,35-36H,21-23H2,1-2H3/t30?,31?,32-,33+,35?,36?/m1/s1. The van der Waals surface area contributed by atoms with E-state index in [2.05, 4.69) is 0 Å². The number of ketones is 1. The van der Waals surface area contributed by atoms with E-state index in [1.54, 1.807) is 73.8 Å². The Morgan fingerprint density at radius 1 is 0.614 bits per heavy atom. The highest BCUT2D eigenvalue weighted by atomic mass is 32.2. The quantitative estimate of drug-likeness (QED) is 0.230. The average Bonchev–Trinajstić information content (AvgIpc) is 3.05. The Labute approximate surface area is 259 Å². The van der Waals surface area contributed by atoms with Crippen molar-refractivity contribution in [3.8, 4) is 5.75 Å². The third-order valence-electron chi connectivity index (χ3n) is 9.58. The monoisotopic (exact) mass is 628 g/mol. The van der Waals surface area contributed by atoms with Crippen molar-refractivity contribution in [2.75, 3.05) is 7.11 Å². The van der Waals surface area contributed by atoms with Crippen LogP contribution in [0.25, 0.3) is 0 Å². The Hall–Kier alpha value is -3.75. The molecule has 2 aliphatic carbocycles. The third kappa shape index (κ3) is 5.50. The van der Waals surface area contributed by atoms with Crippen molar-refractivity contribution in [3.63, 3.8) is 0 Å². The first-order valence-electron chi connectivity index (χ1n) is 14.9. The molecule has 6 nitrogen and oxygen atoms in total. The number of hydrogen-bond acceptors (Lipinski definition) is 6. The van der Waals surface area contributed by atoms with Crippen LogP contribution in [0.1, 0.15) is 47.8 Å². The van der Waals surface area contributed by atoms with Crippen LogP contribution in [-0.4, -0.2) is 40.2 Å². The van der Waals surface area contributed by atoms with Gasteiger partial charge in [0.25, 0.3) is 0 Å². The summed E-state index contributed by atoms with van der Waals surface area (Å²) in [6.07, 6.45) is 0.365. The Kier molecular flexibility index (Phi) is 8.24. The van der Waals surface area contributed by atoms with Crippen LogP contribution in [-0.2, 0) is 24.5 Å². The summed E-state index contributed by atoms with van der Waals surface area (Å²) in [5, 5.41) is -1.78. The van der Waals surface area contributed by atoms with Crippen LogP contribution in [0.4, 0.5) is 0 Å². The molecule has 0 N–H and O–H groups in total. The zero-order valence-electron chi connectivity index (χ0n) is 24.7. The Morgan fingerprint density at radius 2 is 1.18 bits per heavy atom. The van der Waals surface area contributed by atoms with Gasteiger partial charge in [-0.05, 0) is 73.2 Å². The molecule has 8 heteroatoms. The molecule has 228 valence electrons. The number of aryl methyl sites for hydroxylation is 1. The van der Waals surface area contributed by atoms with Crippen LogP contribution < -0.4 is 4.74 Å². The molecule has 0 amide bonds. The smallest absolute Gasteiger partial charge is 0.182 e. The first-order valence-corrected chi connectivity index (χ1v) is 18.0. The van der Waals surface area contributed by atoms with E-state index in [0.29, 0.717) is 5.75 Å². The van der Waals surface area contributed by atoms with Crippen molar-refractivity contribution in [1.82, 2.24) is 0 Å². The van der Waals surface area contributed by atoms with Crippen LogP contribution in [0.15, 0.2) is 119 Å². The summed E-state index contributed by atoms with van der Waals surface area (Å²) < 4.78 is 63.1. The summed E-state index contributed by atoms with van der Waals surface area (Å²) in [7, 11) is -6.20. The number of carbonyl (C=O) groups excluding carboxylic acids is 1. The molecule has 0 heterocycles. The minimum atomic E-state index is -3.91. The summed E-state index contributed by atoms with van der Waals surface area (Å²) in [6, 6.07) is 31.9. The van der Waals surface area contributed by atoms with E-state index >= 15 is 0 Å². The van der Waals surface area contributed by atoms with Crippen LogP contribution in [0.2, 0.25) is 0 Å². The topological polar surface area (TPSA) is 94.6 Å². The van der Waals surface area contributed by atoms with Crippen LogP contribution in [0, 0.1) is 18.8 Å². The molecule has 44 heavy (non-hydrogen) atoms. The van der Waals surface area contributed by atoms with Crippen molar-refractivity contribution in [2.45, 2.75) is 58.3 Å². The zero-order valence-corrected chi connectivity index (χ0v) is 26.4. The van der Waals surface area contributed by atoms with Gasteiger partial charge < -0.3 is 4.74 Å². The number of Topliss-reactive ketones (excluding diaryl/α,β-unsaturated/α-hetero) is 1. The molecule has 4 unspecified atom stereocenters. The number of methoxy groups -OCH3 is 1. The second-order valence-corrected chi connectivity index (χ2v) is 16.3. The molecule has 2 fully saturated rings. The van der Waals surface area contributed by atoms with Gasteiger partial charge in [0.1, 0.15) is 11.5 Å². The van der Waals surface area contributed by atoms with Crippen LogP contribution >= 0.6 is 0 Å². The fourth-order valence-corrected chi connectivity index (χ4v) is 11.7. The average molecular weight is 629 g/mol. The lowest BCUT2D eigenvalue weighted by Crippen LogP contribution is -2.53. The van der Waals surface area contributed by atoms with Gasteiger partial charge in [-0.1, -0.05) is 78.4 Å². The maximum Gasteiger partial charge on any atom is 0.182 e. The van der Waals surface area contributed by atoms with E-state index in [4.69, 9.17) is 4.74 Å². The van der Waals surface area contributed by atoms with Crippen molar-refractivity contribution < 1.29 is 26.4 Å². The highest BCUT2D eigenvalue weighted by Crippen LogP contribution is 2.54. The second-order valence-electron chi connectivity index (χ2n) is 12.0. The molecule has 0 saturated heterocycles. The van der Waals surface area contributed by atoms with E-state index in [9.17, 15) is 21.6 Å². The van der Waals surface area contributed by atoms with Crippen molar-refractivity contribution in [2.24, 2.45) is 11.8 Å². The van der Waals surface area contributed by atoms with Gasteiger partial charge in [0.15, 0.2) is 19.7 Å². The molecule has 6 atom stereocenters. The predicted octanol–water partition coefficient (Wildman–Crippen LogP) is 6.56. The number of carbonyl (C=O) groups is 1. The van der Waals surface area contributed by atoms with Gasteiger partial charge in [0.05, 0.1) is 27.4 Å². The van der Waals surface area contributed by atoms with Gasteiger partial charge in [-0.2, -0.15) is 0 Å². The maximum atomic E-state index is 14.6. The van der Waals surface area contributed by atoms with Gasteiger partial charge in [-0.15, -0.1) is 0 Å². The van der Waals surface area contributed by atoms with E-state index in [1.807, 2.05) is 49.4 Å². The van der Waals surface area contributed by atoms with Crippen molar-refractivity contribution in [1.29, 1.82) is 0 Å². The van der Waals surface area contributed by atoms with Crippen LogP contribution in [0.5, 0.6) is 5.75 Å². The Morgan fingerprint density at radius 3 is 1.80 bits per heavy atom. The van der Waals surface area contributed by atoms with Gasteiger partial charge in [-0.3, -0.25) is 4.79 Å². The largest absolute Gasteiger partial charge is 0.497 e. The summed E-state index contributed by atoms with van der Waals surface area (Å²) >= 11 is 0. The maximum absolute atomic E-state index is 14.6. The van der Waals surface area contributed by atoms with Gasteiger partial charge in [-0.25, -0.2) is 16.8 Å². The lowest BCUT2D eigenvalue weighted by Gasteiger charge is -2.48. The number of ether oxygens (including phenoxy) is 1. The highest BCUT2D eigenvalue weighted by Gasteiger charge is 2.56. The molecular weight excluding hydrogens is 593 g/mol. The highest BCUT2D eigenvalue weighted by molar-refractivity contribution is 7.92.